The lowest BCUT2D eigenvalue weighted by atomic mass is 10.1. The molecule has 0 radical (unpaired) electrons. The molecule has 1 heterocycles. The molecule has 1 aliphatic heterocycles. The lowest BCUT2D eigenvalue weighted by Crippen LogP contribution is -2.43. The van der Waals surface area contributed by atoms with Crippen LogP contribution in [0, 0.1) is 5.92 Å². The molecular formula is C16H22N2O3. The van der Waals surface area contributed by atoms with Crippen molar-refractivity contribution in [2.24, 2.45) is 5.92 Å². The molecule has 0 saturated carbocycles. The van der Waals surface area contributed by atoms with Crippen LogP contribution >= 0.6 is 0 Å². The largest absolute Gasteiger partial charge is 0.478 e. The van der Waals surface area contributed by atoms with Crippen LogP contribution in [0.15, 0.2) is 18.2 Å². The van der Waals surface area contributed by atoms with Crippen LogP contribution in [0.5, 0.6) is 0 Å². The summed E-state index contributed by atoms with van der Waals surface area (Å²) in [5.74, 6) is -0.456. The van der Waals surface area contributed by atoms with Crippen LogP contribution in [0.2, 0.25) is 0 Å². The normalized spacial score (nSPS) is 15.0. The van der Waals surface area contributed by atoms with E-state index in [-0.39, 0.29) is 17.6 Å². The maximum Gasteiger partial charge on any atom is 0.335 e. The van der Waals surface area contributed by atoms with Crippen LogP contribution in [-0.4, -0.2) is 29.7 Å². The van der Waals surface area contributed by atoms with Crippen molar-refractivity contribution >= 4 is 17.7 Å². The summed E-state index contributed by atoms with van der Waals surface area (Å²) in [5, 5.41) is 12.0. The fourth-order valence-corrected chi connectivity index (χ4v) is 2.78. The number of rotatable bonds is 4. The van der Waals surface area contributed by atoms with Gasteiger partial charge in [0, 0.05) is 18.3 Å². The lowest BCUT2D eigenvalue weighted by Gasteiger charge is -2.22. The molecule has 1 aliphatic rings. The number of nitrogens with one attached hydrogen (secondary N) is 1. The van der Waals surface area contributed by atoms with Gasteiger partial charge in [0.05, 0.1) is 5.56 Å². The van der Waals surface area contributed by atoms with Gasteiger partial charge in [-0.3, -0.25) is 4.90 Å². The Kier molecular flexibility index (Phi) is 4.50. The quantitative estimate of drug-likeness (QED) is 0.895. The van der Waals surface area contributed by atoms with Gasteiger partial charge in [-0.1, -0.05) is 19.9 Å². The average molecular weight is 290 g/mol. The van der Waals surface area contributed by atoms with Gasteiger partial charge in [0.25, 0.3) is 0 Å². The van der Waals surface area contributed by atoms with Crippen molar-refractivity contribution < 1.29 is 14.7 Å². The van der Waals surface area contributed by atoms with E-state index in [1.165, 1.54) is 0 Å². The number of benzene rings is 1. The SMILES string of the molecule is CC(C)CC(C)NC(=O)N1CCc2ccc(C(=O)O)cc21. The highest BCUT2D eigenvalue weighted by Crippen LogP contribution is 2.29. The standard InChI is InChI=1S/C16H22N2O3/c1-10(2)8-11(3)17-16(21)18-7-6-12-4-5-13(15(19)20)9-14(12)18/h4-5,9-11H,6-8H2,1-3H3,(H,17,21)(H,19,20). The van der Waals surface area contributed by atoms with Crippen LogP contribution in [-0.2, 0) is 6.42 Å². The van der Waals surface area contributed by atoms with Gasteiger partial charge in [-0.15, -0.1) is 0 Å². The molecule has 2 N–H and O–H groups in total. The van der Waals surface area contributed by atoms with Gasteiger partial charge in [0.2, 0.25) is 0 Å². The molecule has 0 bridgehead atoms. The molecular weight excluding hydrogens is 268 g/mol. The van der Waals surface area contributed by atoms with E-state index in [1.54, 1.807) is 23.1 Å². The molecule has 21 heavy (non-hydrogen) atoms. The van der Waals surface area contributed by atoms with Crippen molar-refractivity contribution in [3.05, 3.63) is 29.3 Å². The van der Waals surface area contributed by atoms with Gasteiger partial charge in [0.1, 0.15) is 0 Å². The molecule has 5 nitrogen and oxygen atoms in total. The van der Waals surface area contributed by atoms with Crippen molar-refractivity contribution in [2.75, 3.05) is 11.4 Å². The molecule has 1 unspecified atom stereocenters. The highest BCUT2D eigenvalue weighted by Gasteiger charge is 2.26. The summed E-state index contributed by atoms with van der Waals surface area (Å²) in [4.78, 5) is 25.0. The smallest absolute Gasteiger partial charge is 0.335 e. The molecule has 1 atom stereocenters. The third-order valence-electron chi connectivity index (χ3n) is 3.67. The van der Waals surface area contributed by atoms with Crippen LogP contribution in [0.1, 0.15) is 43.1 Å². The maximum atomic E-state index is 12.3. The van der Waals surface area contributed by atoms with Crippen LogP contribution in [0.25, 0.3) is 0 Å². The van der Waals surface area contributed by atoms with Crippen LogP contribution < -0.4 is 10.2 Å². The summed E-state index contributed by atoms with van der Waals surface area (Å²) in [6, 6.07) is 4.92. The molecule has 2 rings (SSSR count). The Bertz CT molecular complexity index is 554. The first-order chi connectivity index (χ1) is 9.88. The second-order valence-corrected chi connectivity index (χ2v) is 6.03. The highest BCUT2D eigenvalue weighted by atomic mass is 16.4. The van der Waals surface area contributed by atoms with Crippen molar-refractivity contribution in [1.29, 1.82) is 0 Å². The minimum Gasteiger partial charge on any atom is -0.478 e. The summed E-state index contributed by atoms with van der Waals surface area (Å²) < 4.78 is 0. The van der Waals surface area contributed by atoms with E-state index in [4.69, 9.17) is 5.11 Å². The van der Waals surface area contributed by atoms with E-state index >= 15 is 0 Å². The summed E-state index contributed by atoms with van der Waals surface area (Å²) in [7, 11) is 0. The molecule has 0 aliphatic carbocycles. The summed E-state index contributed by atoms with van der Waals surface area (Å²) in [5.41, 5.74) is 1.94. The Morgan fingerprint density at radius 3 is 2.67 bits per heavy atom. The molecule has 5 heteroatoms. The molecule has 1 aromatic carbocycles. The predicted molar refractivity (Wildman–Crippen MR) is 81.9 cm³/mol. The molecule has 0 fully saturated rings. The van der Waals surface area contributed by atoms with E-state index in [2.05, 4.69) is 19.2 Å². The number of hydrogen-bond acceptors (Lipinski definition) is 2. The molecule has 1 aromatic rings. The number of carboxylic acid groups (broad SMARTS) is 1. The van der Waals surface area contributed by atoms with Gasteiger partial charge < -0.3 is 10.4 Å². The molecule has 0 spiro atoms. The van der Waals surface area contributed by atoms with Gasteiger partial charge >= 0.3 is 12.0 Å². The van der Waals surface area contributed by atoms with Crippen molar-refractivity contribution in [2.45, 2.75) is 39.7 Å². The number of carboxylic acids is 1. The number of fused-ring (bicyclic) bond motifs is 1. The molecule has 0 aromatic heterocycles. The Labute approximate surface area is 125 Å². The lowest BCUT2D eigenvalue weighted by molar-refractivity contribution is 0.0697. The first kappa shape index (κ1) is 15.4. The summed E-state index contributed by atoms with van der Waals surface area (Å²) in [6.45, 7) is 6.82. The minimum absolute atomic E-state index is 0.101. The second-order valence-electron chi connectivity index (χ2n) is 6.03. The summed E-state index contributed by atoms with van der Waals surface area (Å²) in [6.07, 6.45) is 1.68. The number of amides is 2. The Balaban J connectivity index is 2.12. The van der Waals surface area contributed by atoms with E-state index in [0.29, 0.717) is 18.2 Å². The third-order valence-corrected chi connectivity index (χ3v) is 3.67. The van der Waals surface area contributed by atoms with Crippen LogP contribution in [0.4, 0.5) is 10.5 Å². The van der Waals surface area contributed by atoms with Gasteiger partial charge in [-0.25, -0.2) is 9.59 Å². The highest BCUT2D eigenvalue weighted by molar-refractivity contribution is 5.97. The molecule has 0 saturated heterocycles. The predicted octanol–water partition coefficient (Wildman–Crippen LogP) is 2.89. The molecule has 114 valence electrons. The van der Waals surface area contributed by atoms with Gasteiger partial charge in [-0.2, -0.15) is 0 Å². The van der Waals surface area contributed by atoms with Crippen molar-refractivity contribution in [3.8, 4) is 0 Å². The fourth-order valence-electron chi connectivity index (χ4n) is 2.78. The monoisotopic (exact) mass is 290 g/mol. The number of anilines is 1. The van der Waals surface area contributed by atoms with Crippen LogP contribution in [0.3, 0.4) is 0 Å². The van der Waals surface area contributed by atoms with Gasteiger partial charge in [-0.05, 0) is 43.4 Å². The van der Waals surface area contributed by atoms with Crippen molar-refractivity contribution in [3.63, 3.8) is 0 Å². The number of nitrogens with zero attached hydrogens (tertiary/aromatic N) is 1. The maximum absolute atomic E-state index is 12.3. The second kappa shape index (κ2) is 6.16. The molecule has 2 amide bonds. The topological polar surface area (TPSA) is 69.6 Å². The Morgan fingerprint density at radius 2 is 2.05 bits per heavy atom. The van der Waals surface area contributed by atoms with E-state index in [9.17, 15) is 9.59 Å². The zero-order valence-electron chi connectivity index (χ0n) is 12.7. The van der Waals surface area contributed by atoms with E-state index < -0.39 is 5.97 Å². The number of aromatic carboxylic acids is 1. The van der Waals surface area contributed by atoms with Crippen molar-refractivity contribution in [1.82, 2.24) is 5.32 Å². The number of urea groups is 1. The first-order valence-corrected chi connectivity index (χ1v) is 7.32. The summed E-state index contributed by atoms with van der Waals surface area (Å²) >= 11 is 0. The number of carbonyl (C=O) groups is 2. The average Bonchev–Trinajstić information content (AvgIpc) is 2.79. The third kappa shape index (κ3) is 3.54. The Hall–Kier alpha value is -2.04. The number of hydrogen-bond donors (Lipinski definition) is 2. The fraction of sp³-hybridized carbons (Fsp3) is 0.500. The number of carbonyl (C=O) groups excluding carboxylic acids is 1. The van der Waals surface area contributed by atoms with E-state index in [0.717, 1.165) is 18.4 Å². The Morgan fingerprint density at radius 1 is 1.33 bits per heavy atom. The minimum atomic E-state index is -0.974. The zero-order valence-corrected chi connectivity index (χ0v) is 12.7. The first-order valence-electron chi connectivity index (χ1n) is 7.32. The van der Waals surface area contributed by atoms with Gasteiger partial charge in [0.15, 0.2) is 0 Å². The zero-order chi connectivity index (χ0) is 15.6. The van der Waals surface area contributed by atoms with E-state index in [1.807, 2.05) is 6.92 Å².